The summed E-state index contributed by atoms with van der Waals surface area (Å²) in [6.07, 6.45) is 0.122. The number of phenols is 1. The van der Waals surface area contributed by atoms with E-state index >= 15 is 0 Å². The van der Waals surface area contributed by atoms with E-state index in [0.717, 1.165) is 5.56 Å². The van der Waals surface area contributed by atoms with Crippen molar-refractivity contribution in [1.82, 2.24) is 0 Å². The van der Waals surface area contributed by atoms with Gasteiger partial charge in [0.05, 0.1) is 6.10 Å². The lowest BCUT2D eigenvalue weighted by atomic mass is 10.0. The highest BCUT2D eigenvalue weighted by Gasteiger charge is 2.17. The van der Waals surface area contributed by atoms with Gasteiger partial charge in [0.15, 0.2) is 0 Å². The highest BCUT2D eigenvalue weighted by atomic mass is 16.6. The third kappa shape index (κ3) is 5.93. The molecule has 1 amide bonds. The number of aliphatic hydroxyl groups excluding tert-OH is 1. The van der Waals surface area contributed by atoms with Crippen LogP contribution in [0.2, 0.25) is 0 Å². The van der Waals surface area contributed by atoms with Crippen molar-refractivity contribution in [1.29, 1.82) is 0 Å². The van der Waals surface area contributed by atoms with Crippen molar-refractivity contribution in [3.05, 3.63) is 23.8 Å². The molecular formula is C15H23NO4. The van der Waals surface area contributed by atoms with Crippen LogP contribution in [0.1, 0.15) is 39.7 Å². The Hall–Kier alpha value is -1.75. The molecule has 1 aromatic rings. The normalized spacial score (nSPS) is 12.8. The standard InChI is InChI=1S/C15H23NO4/c1-10(17)5-6-11-9-12(18)7-8-13(11)16-14(19)20-15(2,3)4/h7-10,17-18H,5-6H2,1-4H3,(H,16,19)/t10-/m0/s1. The van der Waals surface area contributed by atoms with E-state index in [0.29, 0.717) is 18.5 Å². The monoisotopic (exact) mass is 281 g/mol. The predicted octanol–water partition coefficient (Wildman–Crippen LogP) is 3.05. The summed E-state index contributed by atoms with van der Waals surface area (Å²) in [4.78, 5) is 11.8. The number of aromatic hydroxyl groups is 1. The fourth-order valence-corrected chi connectivity index (χ4v) is 1.69. The first-order valence-electron chi connectivity index (χ1n) is 6.67. The number of aliphatic hydroxyl groups is 1. The molecule has 3 N–H and O–H groups in total. The van der Waals surface area contributed by atoms with E-state index in [-0.39, 0.29) is 5.75 Å². The summed E-state index contributed by atoms with van der Waals surface area (Å²) in [5.74, 6) is 0.125. The number of phenolic OH excluding ortho intramolecular Hbond substituents is 1. The first-order chi connectivity index (χ1) is 9.17. The Morgan fingerprint density at radius 3 is 2.60 bits per heavy atom. The van der Waals surface area contributed by atoms with Crippen LogP contribution in [0.3, 0.4) is 0 Å². The number of amides is 1. The van der Waals surface area contributed by atoms with Gasteiger partial charge in [-0.1, -0.05) is 0 Å². The molecule has 0 saturated heterocycles. The van der Waals surface area contributed by atoms with Gasteiger partial charge in [0.2, 0.25) is 0 Å². The van der Waals surface area contributed by atoms with Crippen molar-refractivity contribution in [2.24, 2.45) is 0 Å². The Kier molecular flexibility index (Phi) is 5.39. The fraction of sp³-hybridized carbons (Fsp3) is 0.533. The number of benzene rings is 1. The van der Waals surface area contributed by atoms with Crippen LogP contribution in [0.15, 0.2) is 18.2 Å². The van der Waals surface area contributed by atoms with E-state index in [1.807, 2.05) is 0 Å². The lowest BCUT2D eigenvalue weighted by Crippen LogP contribution is -2.27. The average molecular weight is 281 g/mol. The maximum atomic E-state index is 11.8. The topological polar surface area (TPSA) is 78.8 Å². The largest absolute Gasteiger partial charge is 0.508 e. The zero-order valence-electron chi connectivity index (χ0n) is 12.4. The van der Waals surface area contributed by atoms with Crippen LogP contribution in [-0.4, -0.2) is 28.0 Å². The number of anilines is 1. The quantitative estimate of drug-likeness (QED) is 0.741. The van der Waals surface area contributed by atoms with Gasteiger partial charge < -0.3 is 14.9 Å². The molecule has 1 aromatic carbocycles. The molecular weight excluding hydrogens is 258 g/mol. The van der Waals surface area contributed by atoms with Gasteiger partial charge in [0.25, 0.3) is 0 Å². The second-order valence-electron chi connectivity index (χ2n) is 5.86. The summed E-state index contributed by atoms with van der Waals surface area (Å²) in [6, 6.07) is 4.70. The van der Waals surface area contributed by atoms with E-state index in [9.17, 15) is 15.0 Å². The zero-order valence-corrected chi connectivity index (χ0v) is 12.4. The van der Waals surface area contributed by atoms with Gasteiger partial charge in [-0.3, -0.25) is 5.32 Å². The fourth-order valence-electron chi connectivity index (χ4n) is 1.69. The summed E-state index contributed by atoms with van der Waals surface area (Å²) in [5.41, 5.74) is 0.773. The number of hydrogen-bond donors (Lipinski definition) is 3. The van der Waals surface area contributed by atoms with Crippen LogP contribution in [0.5, 0.6) is 5.75 Å². The van der Waals surface area contributed by atoms with E-state index < -0.39 is 17.8 Å². The molecule has 1 rings (SSSR count). The van der Waals surface area contributed by atoms with Crippen LogP contribution < -0.4 is 5.32 Å². The average Bonchev–Trinajstić information content (AvgIpc) is 2.26. The molecule has 112 valence electrons. The van der Waals surface area contributed by atoms with E-state index in [4.69, 9.17) is 4.74 Å². The predicted molar refractivity (Wildman–Crippen MR) is 78.0 cm³/mol. The molecule has 0 heterocycles. The van der Waals surface area contributed by atoms with Crippen LogP contribution in [0.4, 0.5) is 10.5 Å². The number of rotatable bonds is 4. The minimum absolute atomic E-state index is 0.125. The van der Waals surface area contributed by atoms with Gasteiger partial charge in [0.1, 0.15) is 11.4 Å². The van der Waals surface area contributed by atoms with Gasteiger partial charge in [-0.2, -0.15) is 0 Å². The molecule has 20 heavy (non-hydrogen) atoms. The summed E-state index contributed by atoms with van der Waals surface area (Å²) in [6.45, 7) is 7.07. The molecule has 0 aliphatic rings. The SMILES string of the molecule is C[C@H](O)CCc1cc(O)ccc1NC(=O)OC(C)(C)C. The molecule has 0 aliphatic heterocycles. The Bertz CT molecular complexity index is 463. The minimum atomic E-state index is -0.569. The van der Waals surface area contributed by atoms with E-state index in [1.54, 1.807) is 39.8 Å². The van der Waals surface area contributed by atoms with Crippen LogP contribution in [-0.2, 0) is 11.2 Å². The molecule has 0 unspecified atom stereocenters. The number of nitrogens with one attached hydrogen (secondary N) is 1. The maximum absolute atomic E-state index is 11.8. The summed E-state index contributed by atoms with van der Waals surface area (Å²) >= 11 is 0. The lowest BCUT2D eigenvalue weighted by Gasteiger charge is -2.20. The molecule has 5 nitrogen and oxygen atoms in total. The summed E-state index contributed by atoms with van der Waals surface area (Å²) < 4.78 is 5.19. The van der Waals surface area contributed by atoms with Crippen molar-refractivity contribution in [3.8, 4) is 5.75 Å². The highest BCUT2D eigenvalue weighted by molar-refractivity contribution is 5.86. The Morgan fingerprint density at radius 1 is 1.40 bits per heavy atom. The number of carbonyl (C=O) groups excluding carboxylic acids is 1. The number of hydrogen-bond acceptors (Lipinski definition) is 4. The second-order valence-corrected chi connectivity index (χ2v) is 5.86. The Balaban J connectivity index is 2.80. The van der Waals surface area contributed by atoms with Crippen LogP contribution in [0.25, 0.3) is 0 Å². The number of carbonyl (C=O) groups is 1. The molecule has 0 fully saturated rings. The third-order valence-corrected chi connectivity index (χ3v) is 2.56. The van der Waals surface area contributed by atoms with Gasteiger partial charge in [-0.15, -0.1) is 0 Å². The van der Waals surface area contributed by atoms with Crippen LogP contribution in [0, 0.1) is 0 Å². The van der Waals surface area contributed by atoms with Crippen molar-refractivity contribution >= 4 is 11.8 Å². The smallest absolute Gasteiger partial charge is 0.412 e. The summed E-state index contributed by atoms with van der Waals surface area (Å²) in [7, 11) is 0. The molecule has 0 aliphatic carbocycles. The molecule has 0 spiro atoms. The molecule has 1 atom stereocenters. The van der Waals surface area contributed by atoms with Crippen molar-refractivity contribution < 1.29 is 19.7 Å². The van der Waals surface area contributed by atoms with Gasteiger partial charge in [-0.05, 0) is 64.3 Å². The van der Waals surface area contributed by atoms with Crippen LogP contribution >= 0.6 is 0 Å². The molecule has 0 aromatic heterocycles. The van der Waals surface area contributed by atoms with Crippen molar-refractivity contribution in [3.63, 3.8) is 0 Å². The second kappa shape index (κ2) is 6.61. The summed E-state index contributed by atoms with van der Waals surface area (Å²) in [5, 5.41) is 21.5. The number of aryl methyl sites for hydroxylation is 1. The molecule has 5 heteroatoms. The Labute approximate surface area is 119 Å². The van der Waals surface area contributed by atoms with Crippen molar-refractivity contribution in [2.75, 3.05) is 5.32 Å². The van der Waals surface area contributed by atoms with E-state index in [1.165, 1.54) is 6.07 Å². The zero-order chi connectivity index (χ0) is 15.3. The Morgan fingerprint density at radius 2 is 2.05 bits per heavy atom. The van der Waals surface area contributed by atoms with Gasteiger partial charge in [-0.25, -0.2) is 4.79 Å². The van der Waals surface area contributed by atoms with E-state index in [2.05, 4.69) is 5.32 Å². The van der Waals surface area contributed by atoms with Gasteiger partial charge >= 0.3 is 6.09 Å². The molecule has 0 radical (unpaired) electrons. The lowest BCUT2D eigenvalue weighted by molar-refractivity contribution is 0.0635. The highest BCUT2D eigenvalue weighted by Crippen LogP contribution is 2.24. The molecule has 0 bridgehead atoms. The maximum Gasteiger partial charge on any atom is 0.412 e. The number of ether oxygens (including phenoxy) is 1. The first kappa shape index (κ1) is 16.3. The minimum Gasteiger partial charge on any atom is -0.508 e. The first-order valence-corrected chi connectivity index (χ1v) is 6.67. The van der Waals surface area contributed by atoms with Crippen molar-refractivity contribution in [2.45, 2.75) is 52.2 Å². The third-order valence-electron chi connectivity index (χ3n) is 2.56. The molecule has 0 saturated carbocycles. The van der Waals surface area contributed by atoms with Gasteiger partial charge in [0, 0.05) is 5.69 Å².